The number of nitrogens with one attached hydrogen (secondary N) is 1. The van der Waals surface area contributed by atoms with Gasteiger partial charge in [-0.2, -0.15) is 0 Å². The largest absolute Gasteiger partial charge is 0.443 e. The lowest BCUT2D eigenvalue weighted by atomic mass is 10.1. The van der Waals surface area contributed by atoms with Crippen molar-refractivity contribution in [3.05, 3.63) is 35.9 Å². The van der Waals surface area contributed by atoms with Crippen molar-refractivity contribution in [2.24, 2.45) is 0 Å². The summed E-state index contributed by atoms with van der Waals surface area (Å²) >= 11 is 0. The molecule has 0 aliphatic carbocycles. The maximum Gasteiger partial charge on any atom is 0.339 e. The summed E-state index contributed by atoms with van der Waals surface area (Å²) in [5.41, 5.74) is 0.522. The van der Waals surface area contributed by atoms with Gasteiger partial charge in [0.1, 0.15) is 6.29 Å². The number of esters is 1. The van der Waals surface area contributed by atoms with Gasteiger partial charge in [-0.1, -0.05) is 18.2 Å². The van der Waals surface area contributed by atoms with Crippen LogP contribution in [0.2, 0.25) is 0 Å². The molecule has 0 spiro atoms. The molecule has 4 heteroatoms. The maximum atomic E-state index is 11.5. The SMILES string of the molecule is O=CC1CC(OC(=O)c2ccccc2)N1. The van der Waals surface area contributed by atoms with Gasteiger partial charge in [0.05, 0.1) is 11.6 Å². The Morgan fingerprint density at radius 3 is 2.67 bits per heavy atom. The van der Waals surface area contributed by atoms with Crippen molar-refractivity contribution < 1.29 is 14.3 Å². The molecule has 1 aliphatic heterocycles. The average molecular weight is 205 g/mol. The summed E-state index contributed by atoms with van der Waals surface area (Å²) in [6, 6.07) is 8.61. The summed E-state index contributed by atoms with van der Waals surface area (Å²) in [6.45, 7) is 0. The first-order chi connectivity index (χ1) is 7.29. The van der Waals surface area contributed by atoms with Gasteiger partial charge in [-0.25, -0.2) is 4.79 Å². The van der Waals surface area contributed by atoms with E-state index in [2.05, 4.69) is 5.32 Å². The Balaban J connectivity index is 1.86. The van der Waals surface area contributed by atoms with Crippen LogP contribution < -0.4 is 5.32 Å². The monoisotopic (exact) mass is 205 g/mol. The van der Waals surface area contributed by atoms with E-state index in [1.807, 2.05) is 6.07 Å². The molecular weight excluding hydrogens is 194 g/mol. The average Bonchev–Trinajstić information content (AvgIpc) is 2.23. The molecule has 1 heterocycles. The minimum Gasteiger partial charge on any atom is -0.443 e. The van der Waals surface area contributed by atoms with Crippen molar-refractivity contribution in [3.8, 4) is 0 Å². The van der Waals surface area contributed by atoms with Crippen LogP contribution in [0, 0.1) is 0 Å². The molecule has 1 aromatic carbocycles. The van der Waals surface area contributed by atoms with Crippen molar-refractivity contribution in [2.45, 2.75) is 18.7 Å². The highest BCUT2D eigenvalue weighted by molar-refractivity contribution is 5.89. The highest BCUT2D eigenvalue weighted by Crippen LogP contribution is 2.13. The topological polar surface area (TPSA) is 55.4 Å². The van der Waals surface area contributed by atoms with Crippen LogP contribution in [-0.4, -0.2) is 24.5 Å². The van der Waals surface area contributed by atoms with E-state index in [1.165, 1.54) is 0 Å². The fourth-order valence-corrected chi connectivity index (χ4v) is 1.39. The van der Waals surface area contributed by atoms with E-state index in [1.54, 1.807) is 24.3 Å². The fraction of sp³-hybridized carbons (Fsp3) is 0.273. The van der Waals surface area contributed by atoms with Gasteiger partial charge in [0.2, 0.25) is 0 Å². The van der Waals surface area contributed by atoms with Crippen LogP contribution in [0.3, 0.4) is 0 Å². The standard InChI is InChI=1S/C11H11NO3/c13-7-9-6-10(12-9)15-11(14)8-4-2-1-3-5-8/h1-5,7,9-10,12H,6H2. The van der Waals surface area contributed by atoms with Crippen molar-refractivity contribution in [1.29, 1.82) is 0 Å². The lowest BCUT2D eigenvalue weighted by Crippen LogP contribution is -2.55. The fourth-order valence-electron chi connectivity index (χ4n) is 1.39. The van der Waals surface area contributed by atoms with Crippen molar-refractivity contribution in [2.75, 3.05) is 0 Å². The Bertz CT molecular complexity index is 357. The second-order valence-electron chi connectivity index (χ2n) is 3.40. The molecular formula is C11H11NO3. The molecule has 78 valence electrons. The summed E-state index contributed by atoms with van der Waals surface area (Å²) in [6.07, 6.45) is 1.04. The van der Waals surface area contributed by atoms with Crippen LogP contribution in [0.1, 0.15) is 16.8 Å². The predicted molar refractivity (Wildman–Crippen MR) is 53.3 cm³/mol. The van der Waals surface area contributed by atoms with Gasteiger partial charge < -0.3 is 9.53 Å². The third-order valence-electron chi connectivity index (χ3n) is 2.29. The van der Waals surface area contributed by atoms with Gasteiger partial charge in [-0.05, 0) is 12.1 Å². The molecule has 0 bridgehead atoms. The second kappa shape index (κ2) is 4.23. The van der Waals surface area contributed by atoms with E-state index >= 15 is 0 Å². The summed E-state index contributed by atoms with van der Waals surface area (Å²) < 4.78 is 5.10. The second-order valence-corrected chi connectivity index (χ2v) is 3.40. The normalized spacial score (nSPS) is 24.0. The van der Waals surface area contributed by atoms with E-state index < -0.39 is 0 Å². The summed E-state index contributed by atoms with van der Waals surface area (Å²) in [4.78, 5) is 21.8. The number of rotatable bonds is 3. The van der Waals surface area contributed by atoms with Crippen molar-refractivity contribution >= 4 is 12.3 Å². The Morgan fingerprint density at radius 2 is 2.07 bits per heavy atom. The van der Waals surface area contributed by atoms with Gasteiger partial charge in [0.25, 0.3) is 0 Å². The van der Waals surface area contributed by atoms with Crippen molar-refractivity contribution in [3.63, 3.8) is 0 Å². The van der Waals surface area contributed by atoms with Crippen LogP contribution in [0.5, 0.6) is 0 Å². The molecule has 2 unspecified atom stereocenters. The van der Waals surface area contributed by atoms with E-state index in [0.29, 0.717) is 12.0 Å². The van der Waals surface area contributed by atoms with Gasteiger partial charge in [-0.3, -0.25) is 5.32 Å². The zero-order valence-electron chi connectivity index (χ0n) is 8.05. The van der Waals surface area contributed by atoms with Crippen LogP contribution >= 0.6 is 0 Å². The molecule has 0 amide bonds. The molecule has 0 radical (unpaired) electrons. The van der Waals surface area contributed by atoms with Gasteiger partial charge in [-0.15, -0.1) is 0 Å². The van der Waals surface area contributed by atoms with Gasteiger partial charge in [0, 0.05) is 6.42 Å². The highest BCUT2D eigenvalue weighted by Gasteiger charge is 2.30. The lowest BCUT2D eigenvalue weighted by Gasteiger charge is -2.32. The third kappa shape index (κ3) is 2.22. The smallest absolute Gasteiger partial charge is 0.339 e. The third-order valence-corrected chi connectivity index (χ3v) is 2.29. The lowest BCUT2D eigenvalue weighted by molar-refractivity contribution is -0.115. The molecule has 1 fully saturated rings. The number of hydrogen-bond acceptors (Lipinski definition) is 4. The Morgan fingerprint density at radius 1 is 1.40 bits per heavy atom. The molecule has 2 rings (SSSR count). The summed E-state index contributed by atoms with van der Waals surface area (Å²) in [5.74, 6) is -0.363. The molecule has 2 atom stereocenters. The zero-order valence-corrected chi connectivity index (χ0v) is 8.05. The van der Waals surface area contributed by atoms with E-state index in [9.17, 15) is 9.59 Å². The predicted octanol–water partition coefficient (Wildman–Crippen LogP) is 0.730. The molecule has 1 N–H and O–H groups in total. The number of aldehydes is 1. The minimum absolute atomic E-state index is 0.168. The molecule has 0 aromatic heterocycles. The maximum absolute atomic E-state index is 11.5. The quantitative estimate of drug-likeness (QED) is 0.584. The first-order valence-corrected chi connectivity index (χ1v) is 4.77. The van der Waals surface area contributed by atoms with Crippen LogP contribution in [0.25, 0.3) is 0 Å². The van der Waals surface area contributed by atoms with E-state index in [-0.39, 0.29) is 18.2 Å². The Labute approximate surface area is 87.2 Å². The summed E-state index contributed by atoms with van der Waals surface area (Å²) in [5, 5.41) is 2.82. The molecule has 4 nitrogen and oxygen atoms in total. The number of carbonyl (C=O) groups is 2. The van der Waals surface area contributed by atoms with Gasteiger partial charge >= 0.3 is 5.97 Å². The summed E-state index contributed by atoms with van der Waals surface area (Å²) in [7, 11) is 0. The molecule has 1 aromatic rings. The first kappa shape index (κ1) is 9.86. The molecule has 0 saturated carbocycles. The minimum atomic E-state index is -0.363. The molecule has 1 saturated heterocycles. The van der Waals surface area contributed by atoms with Crippen molar-refractivity contribution in [1.82, 2.24) is 5.32 Å². The highest BCUT2D eigenvalue weighted by atomic mass is 16.6. The van der Waals surface area contributed by atoms with Crippen LogP contribution in [0.15, 0.2) is 30.3 Å². The first-order valence-electron chi connectivity index (χ1n) is 4.77. The number of benzene rings is 1. The zero-order chi connectivity index (χ0) is 10.7. The molecule has 15 heavy (non-hydrogen) atoms. The number of hydrogen-bond donors (Lipinski definition) is 1. The van der Waals surface area contributed by atoms with Crippen LogP contribution in [-0.2, 0) is 9.53 Å². The molecule has 1 aliphatic rings. The Hall–Kier alpha value is -1.68. The Kier molecular flexibility index (Phi) is 2.78. The van der Waals surface area contributed by atoms with E-state index in [0.717, 1.165) is 6.29 Å². The van der Waals surface area contributed by atoms with Gasteiger partial charge in [0.15, 0.2) is 6.23 Å². The number of ether oxygens (including phenoxy) is 1. The van der Waals surface area contributed by atoms with E-state index in [4.69, 9.17) is 4.74 Å². The van der Waals surface area contributed by atoms with Crippen LogP contribution in [0.4, 0.5) is 0 Å². The number of carbonyl (C=O) groups excluding carboxylic acids is 2.